The first-order chi connectivity index (χ1) is 20.2. The first kappa shape index (κ1) is 33.9. The molecule has 41 heavy (non-hydrogen) atoms. The largest absolute Gasteiger partial charge is 0.460 e. The van der Waals surface area contributed by atoms with Crippen LogP contribution in [0.15, 0.2) is 76.0 Å². The molecule has 0 aliphatic carbocycles. The zero-order chi connectivity index (χ0) is 29.2. The molecule has 0 fully saturated rings. The molecule has 2 aromatic heterocycles. The summed E-state index contributed by atoms with van der Waals surface area (Å²) in [7, 11) is 0. The van der Waals surface area contributed by atoms with Crippen molar-refractivity contribution in [2.45, 2.75) is 116 Å². The van der Waals surface area contributed by atoms with Gasteiger partial charge in [0.1, 0.15) is 6.61 Å². The first-order valence-corrected chi connectivity index (χ1v) is 15.7. The number of hydrogen-bond donors (Lipinski definition) is 0. The van der Waals surface area contributed by atoms with E-state index in [2.05, 4.69) is 6.92 Å². The van der Waals surface area contributed by atoms with Crippen LogP contribution >= 0.6 is 0 Å². The highest BCUT2D eigenvalue weighted by atomic mass is 16.5. The van der Waals surface area contributed by atoms with Crippen LogP contribution in [0.2, 0.25) is 0 Å². The molecule has 0 N–H and O–H groups in total. The van der Waals surface area contributed by atoms with Crippen LogP contribution < -0.4 is 0 Å². The number of furan rings is 2. The predicted octanol–water partition coefficient (Wildman–Crippen LogP) is 10.3. The summed E-state index contributed by atoms with van der Waals surface area (Å²) in [6.45, 7) is 3.04. The third-order valence-corrected chi connectivity index (χ3v) is 6.89. The molecular formula is C35H50O6. The molecule has 3 aromatic rings. The number of rotatable bonds is 21. The Labute approximate surface area is 246 Å². The van der Waals surface area contributed by atoms with Crippen LogP contribution in [0.1, 0.15) is 136 Å². The zero-order valence-electron chi connectivity index (χ0n) is 25.0. The van der Waals surface area contributed by atoms with Gasteiger partial charge in [-0.1, -0.05) is 134 Å². The molecule has 2 heterocycles. The van der Waals surface area contributed by atoms with Gasteiger partial charge in [-0.2, -0.15) is 0 Å². The van der Waals surface area contributed by atoms with Crippen LogP contribution in [-0.4, -0.2) is 18.5 Å². The summed E-state index contributed by atoms with van der Waals surface area (Å²) in [5, 5.41) is 0. The number of benzene rings is 1. The lowest BCUT2D eigenvalue weighted by Gasteiger charge is -2.04. The van der Waals surface area contributed by atoms with Crippen molar-refractivity contribution in [2.75, 3.05) is 6.61 Å². The SMILES string of the molecule is CCCCCCCCCCCCCCCCCCOC(=O)c1ccco1.O=C(OCc1ccccc1)c1ccco1. The predicted molar refractivity (Wildman–Crippen MR) is 163 cm³/mol. The molecule has 0 amide bonds. The molecule has 6 nitrogen and oxygen atoms in total. The number of hydrogen-bond acceptors (Lipinski definition) is 6. The van der Waals surface area contributed by atoms with Crippen molar-refractivity contribution in [3.63, 3.8) is 0 Å². The highest BCUT2D eigenvalue weighted by Gasteiger charge is 2.10. The lowest BCUT2D eigenvalue weighted by Crippen LogP contribution is -2.05. The van der Waals surface area contributed by atoms with Crippen molar-refractivity contribution in [1.29, 1.82) is 0 Å². The molecule has 0 bridgehead atoms. The fourth-order valence-corrected chi connectivity index (χ4v) is 4.47. The molecule has 0 unspecified atom stereocenters. The normalized spacial score (nSPS) is 10.6. The number of ether oxygens (including phenoxy) is 2. The van der Waals surface area contributed by atoms with Crippen molar-refractivity contribution in [2.24, 2.45) is 0 Å². The van der Waals surface area contributed by atoms with Gasteiger partial charge >= 0.3 is 11.9 Å². The average Bonchev–Trinajstić information content (AvgIpc) is 3.74. The van der Waals surface area contributed by atoms with Gasteiger partial charge in [-0.05, 0) is 36.2 Å². The third kappa shape index (κ3) is 17.2. The maximum Gasteiger partial charge on any atom is 0.374 e. The van der Waals surface area contributed by atoms with Crippen molar-refractivity contribution in [3.05, 3.63) is 84.2 Å². The van der Waals surface area contributed by atoms with Gasteiger partial charge in [0, 0.05) is 0 Å². The number of carbonyl (C=O) groups excluding carboxylic acids is 2. The fraction of sp³-hybridized carbons (Fsp3) is 0.543. The van der Waals surface area contributed by atoms with Crippen LogP contribution in [-0.2, 0) is 16.1 Å². The van der Waals surface area contributed by atoms with E-state index in [-0.39, 0.29) is 18.3 Å². The van der Waals surface area contributed by atoms with Crippen LogP contribution in [0.4, 0.5) is 0 Å². The molecule has 226 valence electrons. The van der Waals surface area contributed by atoms with Crippen LogP contribution in [0.5, 0.6) is 0 Å². The third-order valence-electron chi connectivity index (χ3n) is 6.89. The Morgan fingerprint density at radius 3 is 1.41 bits per heavy atom. The minimum atomic E-state index is -0.441. The van der Waals surface area contributed by atoms with Crippen LogP contribution in [0.3, 0.4) is 0 Å². The highest BCUT2D eigenvalue weighted by molar-refractivity contribution is 5.86. The molecule has 0 atom stereocenters. The van der Waals surface area contributed by atoms with Crippen LogP contribution in [0, 0.1) is 0 Å². The van der Waals surface area contributed by atoms with E-state index in [9.17, 15) is 9.59 Å². The minimum Gasteiger partial charge on any atom is -0.460 e. The van der Waals surface area contributed by atoms with E-state index in [1.807, 2.05) is 30.3 Å². The van der Waals surface area contributed by atoms with Gasteiger partial charge in [0.15, 0.2) is 0 Å². The monoisotopic (exact) mass is 566 g/mol. The molecule has 0 saturated heterocycles. The number of unbranched alkanes of at least 4 members (excludes halogenated alkanes) is 15. The highest BCUT2D eigenvalue weighted by Crippen LogP contribution is 2.14. The van der Waals surface area contributed by atoms with Gasteiger partial charge in [-0.3, -0.25) is 0 Å². The van der Waals surface area contributed by atoms with E-state index < -0.39 is 5.97 Å². The van der Waals surface area contributed by atoms with Gasteiger partial charge in [0.25, 0.3) is 0 Å². The molecule has 0 aliphatic rings. The Balaban J connectivity index is 0.000000329. The van der Waals surface area contributed by atoms with Gasteiger partial charge in [0.2, 0.25) is 11.5 Å². The molecular weight excluding hydrogens is 516 g/mol. The second-order valence-electron chi connectivity index (χ2n) is 10.5. The number of esters is 2. The summed E-state index contributed by atoms with van der Waals surface area (Å²) in [6, 6.07) is 16.1. The molecule has 6 heteroatoms. The van der Waals surface area contributed by atoms with Crippen molar-refractivity contribution >= 4 is 11.9 Å². The van der Waals surface area contributed by atoms with Crippen molar-refractivity contribution in [3.8, 4) is 0 Å². The Kier molecular flexibility index (Phi) is 19.4. The lowest BCUT2D eigenvalue weighted by atomic mass is 10.0. The molecule has 0 radical (unpaired) electrons. The molecule has 3 rings (SSSR count). The Morgan fingerprint density at radius 2 is 0.976 bits per heavy atom. The fourth-order valence-electron chi connectivity index (χ4n) is 4.47. The second kappa shape index (κ2) is 23.4. The van der Waals surface area contributed by atoms with Gasteiger partial charge in [-0.15, -0.1) is 0 Å². The van der Waals surface area contributed by atoms with E-state index >= 15 is 0 Å². The first-order valence-electron chi connectivity index (χ1n) is 15.7. The lowest BCUT2D eigenvalue weighted by molar-refractivity contribution is 0.0434. The summed E-state index contributed by atoms with van der Waals surface area (Å²) in [5.74, 6) is -0.271. The van der Waals surface area contributed by atoms with E-state index in [4.69, 9.17) is 18.3 Å². The standard InChI is InChI=1S/C23H40O3.C12H10O3/c1-2-3-4-5-6-7-8-9-10-11-12-13-14-15-16-17-20-26-23(24)22-19-18-21-25-22;13-12(11-7-4-8-14-11)15-9-10-5-2-1-3-6-10/h18-19,21H,2-17,20H2,1H3;1-8H,9H2. The zero-order valence-corrected chi connectivity index (χ0v) is 25.0. The topological polar surface area (TPSA) is 78.9 Å². The second-order valence-corrected chi connectivity index (χ2v) is 10.5. The van der Waals surface area contributed by atoms with Gasteiger partial charge < -0.3 is 18.3 Å². The van der Waals surface area contributed by atoms with Crippen molar-refractivity contribution < 1.29 is 27.9 Å². The molecule has 0 saturated carbocycles. The maximum atomic E-state index is 11.6. The van der Waals surface area contributed by atoms with E-state index in [0.29, 0.717) is 12.4 Å². The smallest absolute Gasteiger partial charge is 0.374 e. The molecule has 0 spiro atoms. The Morgan fingerprint density at radius 1 is 0.537 bits per heavy atom. The minimum absolute atomic E-state index is 0.228. The molecule has 1 aromatic carbocycles. The summed E-state index contributed by atoms with van der Waals surface area (Å²) in [6.07, 6.45) is 24.5. The summed E-state index contributed by atoms with van der Waals surface area (Å²) in [5.41, 5.74) is 0.956. The summed E-state index contributed by atoms with van der Waals surface area (Å²) in [4.78, 5) is 22.9. The summed E-state index contributed by atoms with van der Waals surface area (Å²) < 4.78 is 20.1. The van der Waals surface area contributed by atoms with Crippen LogP contribution in [0.25, 0.3) is 0 Å². The van der Waals surface area contributed by atoms with Crippen molar-refractivity contribution in [1.82, 2.24) is 0 Å². The maximum absolute atomic E-state index is 11.6. The summed E-state index contributed by atoms with van der Waals surface area (Å²) >= 11 is 0. The van der Waals surface area contributed by atoms with Gasteiger partial charge in [-0.25, -0.2) is 9.59 Å². The van der Waals surface area contributed by atoms with E-state index in [1.165, 1.54) is 102 Å². The van der Waals surface area contributed by atoms with E-state index in [0.717, 1.165) is 18.4 Å². The van der Waals surface area contributed by atoms with E-state index in [1.54, 1.807) is 24.3 Å². The number of carbonyl (C=O) groups is 2. The Bertz CT molecular complexity index is 995. The quantitative estimate of drug-likeness (QED) is 0.0942. The molecule has 0 aliphatic heterocycles. The van der Waals surface area contributed by atoms with Gasteiger partial charge in [0.05, 0.1) is 19.1 Å². The average molecular weight is 567 g/mol. The Hall–Kier alpha value is -3.28.